The zero-order valence-electron chi connectivity index (χ0n) is 21.8. The molecule has 3 aromatic rings. The molecule has 2 fully saturated rings. The van der Waals surface area contributed by atoms with Gasteiger partial charge < -0.3 is 29.6 Å². The second kappa shape index (κ2) is 11.0. The number of aromatic nitrogens is 2. The molecule has 0 aliphatic carbocycles. The van der Waals surface area contributed by atoms with Gasteiger partial charge in [-0.2, -0.15) is 4.98 Å². The van der Waals surface area contributed by atoms with E-state index >= 15 is 0 Å². The number of nitrogens with zero attached hydrogens (tertiary/aromatic N) is 3. The van der Waals surface area contributed by atoms with Crippen LogP contribution in [0.15, 0.2) is 42.6 Å². The van der Waals surface area contributed by atoms with E-state index in [1.165, 1.54) is 6.20 Å². The Bertz CT molecular complexity index is 1370. The highest BCUT2D eigenvalue weighted by Crippen LogP contribution is 2.40. The van der Waals surface area contributed by atoms with Crippen molar-refractivity contribution in [3.05, 3.63) is 58.2 Å². The van der Waals surface area contributed by atoms with Gasteiger partial charge in [-0.1, -0.05) is 42.3 Å². The molecule has 0 saturated carbocycles. The summed E-state index contributed by atoms with van der Waals surface area (Å²) in [6.45, 7) is 8.55. The maximum Gasteiger partial charge on any atom is 0.229 e. The van der Waals surface area contributed by atoms with Crippen LogP contribution in [-0.2, 0) is 20.5 Å². The molecule has 0 amide bonds. The number of rotatable bonds is 7. The van der Waals surface area contributed by atoms with E-state index in [-0.39, 0.29) is 0 Å². The van der Waals surface area contributed by atoms with Gasteiger partial charge in [-0.05, 0) is 49.6 Å². The van der Waals surface area contributed by atoms with Crippen LogP contribution in [-0.4, -0.2) is 55.4 Å². The first-order valence-corrected chi connectivity index (χ1v) is 16.1. The first kappa shape index (κ1) is 27.2. The Kier molecular flexibility index (Phi) is 7.90. The van der Waals surface area contributed by atoms with Gasteiger partial charge in [-0.15, -0.1) is 0 Å². The van der Waals surface area contributed by atoms with Gasteiger partial charge in [-0.3, -0.25) is 0 Å². The monoisotopic (exact) mass is 575 g/mol. The largest absolute Gasteiger partial charge is 0.370 e. The van der Waals surface area contributed by atoms with Crippen LogP contribution in [0.1, 0.15) is 25.3 Å². The Morgan fingerprint density at radius 2 is 1.76 bits per heavy atom. The average Bonchev–Trinajstić information content (AvgIpc) is 3.34. The highest BCUT2D eigenvalue weighted by atomic mass is 35.5. The molecule has 202 valence electrons. The fraction of sp³-hybridized carbons (Fsp3) is 0.407. The van der Waals surface area contributed by atoms with Crippen LogP contribution in [0.2, 0.25) is 10.0 Å². The summed E-state index contributed by atoms with van der Waals surface area (Å²) in [5.74, 6) is 0.356. The smallest absolute Gasteiger partial charge is 0.229 e. The van der Waals surface area contributed by atoms with Crippen LogP contribution in [0.25, 0.3) is 0 Å². The minimum absolute atomic E-state index is 0.355. The molecule has 1 aromatic heterocycles. The van der Waals surface area contributed by atoms with Crippen LogP contribution in [0.5, 0.6) is 0 Å². The van der Waals surface area contributed by atoms with Gasteiger partial charge in [0.15, 0.2) is 11.6 Å². The number of anilines is 5. The third-order valence-electron chi connectivity index (χ3n) is 6.92. The number of ether oxygens (including phenoxy) is 2. The minimum Gasteiger partial charge on any atom is -0.370 e. The molecule has 2 saturated heterocycles. The Morgan fingerprint density at radius 3 is 2.45 bits per heavy atom. The Morgan fingerprint density at radius 1 is 1.05 bits per heavy atom. The number of nitrogens with one attached hydrogen (secondary N) is 2. The highest BCUT2D eigenvalue weighted by Gasteiger charge is 2.40. The van der Waals surface area contributed by atoms with Crippen LogP contribution < -0.4 is 20.8 Å². The van der Waals surface area contributed by atoms with Crippen molar-refractivity contribution >= 4 is 64.5 Å². The molecule has 0 unspecified atom stereocenters. The molecular formula is C27H32Cl2N5O3P. The van der Waals surface area contributed by atoms with E-state index in [4.69, 9.17) is 32.7 Å². The van der Waals surface area contributed by atoms with E-state index in [9.17, 15) is 4.57 Å². The Balaban J connectivity index is 1.36. The predicted molar refractivity (Wildman–Crippen MR) is 156 cm³/mol. The Labute approximate surface area is 233 Å². The molecule has 0 atom stereocenters. The van der Waals surface area contributed by atoms with E-state index in [0.717, 1.165) is 54.6 Å². The number of aryl methyl sites for hydroxylation is 1. The van der Waals surface area contributed by atoms with Crippen molar-refractivity contribution in [2.24, 2.45) is 0 Å². The summed E-state index contributed by atoms with van der Waals surface area (Å²) in [5.41, 5.74) is 3.66. The molecule has 11 heteroatoms. The summed E-state index contributed by atoms with van der Waals surface area (Å²) in [5, 5.41) is 8.25. The van der Waals surface area contributed by atoms with Gasteiger partial charge in [0.05, 0.1) is 35.8 Å². The molecule has 8 nitrogen and oxygen atoms in total. The summed E-state index contributed by atoms with van der Waals surface area (Å²) < 4.78 is 24.5. The highest BCUT2D eigenvalue weighted by molar-refractivity contribution is 7.70. The molecule has 0 bridgehead atoms. The van der Waals surface area contributed by atoms with Gasteiger partial charge in [0.25, 0.3) is 0 Å². The van der Waals surface area contributed by atoms with Gasteiger partial charge in [0, 0.05) is 36.9 Å². The number of hydrogen-bond acceptors (Lipinski definition) is 8. The van der Waals surface area contributed by atoms with Crippen molar-refractivity contribution in [2.75, 3.05) is 55.2 Å². The Hall–Kier alpha value is -2.35. The van der Waals surface area contributed by atoms with Gasteiger partial charge in [-0.25, -0.2) is 4.98 Å². The number of para-hydroxylation sites is 1. The normalized spacial score (nSPS) is 17.1. The summed E-state index contributed by atoms with van der Waals surface area (Å²) in [4.78, 5) is 11.3. The van der Waals surface area contributed by atoms with E-state index < -0.39 is 12.9 Å². The lowest BCUT2D eigenvalue weighted by Crippen LogP contribution is -2.45. The predicted octanol–water partition coefficient (Wildman–Crippen LogP) is 6.42. The van der Waals surface area contributed by atoms with Crippen LogP contribution in [0, 0.1) is 0 Å². The maximum absolute atomic E-state index is 12.8. The number of piperidine rings is 1. The number of benzene rings is 2. The van der Waals surface area contributed by atoms with Crippen molar-refractivity contribution in [3.8, 4) is 0 Å². The van der Waals surface area contributed by atoms with Crippen LogP contribution >= 0.6 is 30.3 Å². The summed E-state index contributed by atoms with van der Waals surface area (Å²) >= 11 is 13.3. The standard InChI is InChI=1S/C27H32Cl2N5O3P/c1-4-18-15-19(16-20(28)24(18)34-11-9-27(10-12-34)36-13-14-37-27)31-26-30-17-21(29)25(33-26)32-22-7-5-6-8-23(22)38(2,3)35/h5-8,15-17H,4,9-14H2,1-3H3,(H2,30,31,32,33). The van der Waals surface area contributed by atoms with Crippen molar-refractivity contribution in [1.82, 2.24) is 9.97 Å². The second-order valence-corrected chi connectivity index (χ2v) is 13.9. The minimum atomic E-state index is -2.51. The third-order valence-corrected chi connectivity index (χ3v) is 9.03. The first-order chi connectivity index (χ1) is 18.2. The van der Waals surface area contributed by atoms with E-state index in [1.807, 2.05) is 30.3 Å². The zero-order valence-corrected chi connectivity index (χ0v) is 24.2. The number of hydrogen-bond donors (Lipinski definition) is 2. The zero-order chi connectivity index (χ0) is 26.9. The van der Waals surface area contributed by atoms with Crippen LogP contribution in [0.3, 0.4) is 0 Å². The first-order valence-electron chi connectivity index (χ1n) is 12.7. The summed E-state index contributed by atoms with van der Waals surface area (Å²) in [6.07, 6.45) is 3.98. The fourth-order valence-corrected chi connectivity index (χ4v) is 6.68. The van der Waals surface area contributed by atoms with Gasteiger partial charge >= 0.3 is 0 Å². The maximum atomic E-state index is 12.8. The molecule has 38 heavy (non-hydrogen) atoms. The van der Waals surface area contributed by atoms with Gasteiger partial charge in [0.2, 0.25) is 5.95 Å². The molecule has 2 aliphatic heterocycles. The van der Waals surface area contributed by atoms with E-state index in [0.29, 0.717) is 40.7 Å². The molecule has 2 aliphatic rings. The summed E-state index contributed by atoms with van der Waals surface area (Å²) in [6, 6.07) is 11.4. The molecule has 2 N–H and O–H groups in total. The fourth-order valence-electron chi connectivity index (χ4n) is 5.03. The topological polar surface area (TPSA) is 88.6 Å². The second-order valence-electron chi connectivity index (χ2n) is 9.92. The van der Waals surface area contributed by atoms with Crippen LogP contribution in [0.4, 0.5) is 28.8 Å². The van der Waals surface area contributed by atoms with Crippen molar-refractivity contribution in [1.29, 1.82) is 0 Å². The van der Waals surface area contributed by atoms with Crippen molar-refractivity contribution in [2.45, 2.75) is 32.0 Å². The molecule has 1 spiro atoms. The van der Waals surface area contributed by atoms with Gasteiger partial charge in [0.1, 0.15) is 12.2 Å². The average molecular weight is 576 g/mol. The molecule has 3 heterocycles. The summed E-state index contributed by atoms with van der Waals surface area (Å²) in [7, 11) is -2.51. The van der Waals surface area contributed by atoms with E-state index in [1.54, 1.807) is 13.3 Å². The lowest BCUT2D eigenvalue weighted by molar-refractivity contribution is -0.169. The molecule has 0 radical (unpaired) electrons. The third kappa shape index (κ3) is 5.80. The van der Waals surface area contributed by atoms with Crippen molar-refractivity contribution < 1.29 is 14.0 Å². The van der Waals surface area contributed by atoms with E-state index in [2.05, 4.69) is 38.5 Å². The molecule has 2 aromatic carbocycles. The SMILES string of the molecule is CCc1cc(Nc2ncc(Cl)c(Nc3ccccc3P(C)(C)=O)n2)cc(Cl)c1N1CCC2(CC1)OCCO2. The van der Waals surface area contributed by atoms with Crippen molar-refractivity contribution in [3.63, 3.8) is 0 Å². The quantitative estimate of drug-likeness (QED) is 0.312. The molecular weight excluding hydrogens is 544 g/mol. The number of halogens is 2. The lowest BCUT2D eigenvalue weighted by Gasteiger charge is -2.39. The molecule has 5 rings (SSSR count). The lowest BCUT2D eigenvalue weighted by atomic mass is 10.0.